The van der Waals surface area contributed by atoms with Crippen LogP contribution in [0.15, 0.2) is 40.2 Å². The second-order valence-corrected chi connectivity index (χ2v) is 5.45. The largest absolute Gasteiger partial charge is 0.383 e. The van der Waals surface area contributed by atoms with Gasteiger partial charge in [0.1, 0.15) is 0 Å². The molecule has 1 unspecified atom stereocenters. The number of hydrogen-bond acceptors (Lipinski definition) is 3. The topological polar surface area (TPSA) is 59.6 Å². The first-order valence-corrected chi connectivity index (χ1v) is 7.44. The van der Waals surface area contributed by atoms with Gasteiger partial charge in [0.2, 0.25) is 0 Å². The van der Waals surface area contributed by atoms with Gasteiger partial charge in [-0.15, -0.1) is 11.8 Å². The Bertz CT molecular complexity index is 370. The summed E-state index contributed by atoms with van der Waals surface area (Å²) in [5.74, 6) is 1.54. The number of hydrogen-bond donors (Lipinski definition) is 2. The molecule has 1 rings (SSSR count). The lowest BCUT2D eigenvalue weighted by atomic mass is 10.4. The van der Waals surface area contributed by atoms with Crippen molar-refractivity contribution in [1.29, 1.82) is 0 Å². The number of nitrogens with two attached hydrogens (primary N) is 1. The van der Waals surface area contributed by atoms with Gasteiger partial charge in [0.25, 0.3) is 0 Å². The number of ether oxygens (including phenoxy) is 1. The number of methoxy groups -OCH3 is 1. The molecule has 0 aromatic heterocycles. The van der Waals surface area contributed by atoms with E-state index < -0.39 is 0 Å². The number of aliphatic imine (C=N–C) groups is 1. The van der Waals surface area contributed by atoms with Gasteiger partial charge in [0.15, 0.2) is 5.96 Å². The fourth-order valence-electron chi connectivity index (χ4n) is 1.56. The summed E-state index contributed by atoms with van der Waals surface area (Å²) in [6.07, 6.45) is 1.01. The monoisotopic (exact) mass is 281 g/mol. The summed E-state index contributed by atoms with van der Waals surface area (Å²) < 4.78 is 5.02. The van der Waals surface area contributed by atoms with Crippen molar-refractivity contribution in [1.82, 2.24) is 5.32 Å². The SMILES string of the molecule is COCC(C)NC(N)=NCCCSc1ccccc1. The Kier molecular flexibility index (Phi) is 8.09. The van der Waals surface area contributed by atoms with E-state index in [1.165, 1.54) is 4.90 Å². The van der Waals surface area contributed by atoms with Gasteiger partial charge in [-0.1, -0.05) is 18.2 Å². The van der Waals surface area contributed by atoms with E-state index in [2.05, 4.69) is 34.6 Å². The summed E-state index contributed by atoms with van der Waals surface area (Å²) in [7, 11) is 1.67. The number of thioether (sulfide) groups is 1. The molecule has 0 saturated carbocycles. The molecule has 1 atom stereocenters. The minimum absolute atomic E-state index is 0.187. The van der Waals surface area contributed by atoms with E-state index in [-0.39, 0.29) is 6.04 Å². The van der Waals surface area contributed by atoms with E-state index in [0.29, 0.717) is 12.6 Å². The predicted molar refractivity (Wildman–Crippen MR) is 82.7 cm³/mol. The summed E-state index contributed by atoms with van der Waals surface area (Å²) in [5, 5.41) is 3.09. The van der Waals surface area contributed by atoms with Gasteiger partial charge in [-0.05, 0) is 31.2 Å². The first-order chi connectivity index (χ1) is 9.22. The van der Waals surface area contributed by atoms with E-state index in [1.807, 2.05) is 24.8 Å². The minimum Gasteiger partial charge on any atom is -0.383 e. The molecule has 0 bridgehead atoms. The van der Waals surface area contributed by atoms with Crippen molar-refractivity contribution in [3.05, 3.63) is 30.3 Å². The van der Waals surface area contributed by atoms with Crippen LogP contribution >= 0.6 is 11.8 Å². The average molecular weight is 281 g/mol. The van der Waals surface area contributed by atoms with Crippen molar-refractivity contribution in [3.8, 4) is 0 Å². The van der Waals surface area contributed by atoms with Gasteiger partial charge in [-0.3, -0.25) is 4.99 Å². The van der Waals surface area contributed by atoms with Gasteiger partial charge in [-0.2, -0.15) is 0 Å². The Morgan fingerprint density at radius 1 is 1.42 bits per heavy atom. The fraction of sp³-hybridized carbons (Fsp3) is 0.500. The van der Waals surface area contributed by atoms with Crippen LogP contribution in [0.4, 0.5) is 0 Å². The molecule has 0 spiro atoms. The zero-order chi connectivity index (χ0) is 13.9. The molecule has 0 aliphatic rings. The molecule has 19 heavy (non-hydrogen) atoms. The van der Waals surface area contributed by atoms with Crippen LogP contribution in [0.25, 0.3) is 0 Å². The molecule has 0 aliphatic heterocycles. The number of nitrogens with one attached hydrogen (secondary N) is 1. The Labute approximate surface area is 119 Å². The third kappa shape index (κ3) is 7.74. The maximum absolute atomic E-state index is 5.77. The summed E-state index contributed by atoms with van der Waals surface area (Å²) in [6.45, 7) is 3.38. The first kappa shape index (κ1) is 15.9. The zero-order valence-electron chi connectivity index (χ0n) is 11.6. The van der Waals surface area contributed by atoms with E-state index in [1.54, 1.807) is 7.11 Å². The molecule has 0 heterocycles. The third-order valence-electron chi connectivity index (χ3n) is 2.41. The third-order valence-corrected chi connectivity index (χ3v) is 3.51. The molecule has 106 valence electrons. The molecule has 3 N–H and O–H groups in total. The molecule has 0 saturated heterocycles. The van der Waals surface area contributed by atoms with Gasteiger partial charge in [-0.25, -0.2) is 0 Å². The van der Waals surface area contributed by atoms with E-state index in [9.17, 15) is 0 Å². The Morgan fingerprint density at radius 3 is 2.84 bits per heavy atom. The molecule has 4 nitrogen and oxygen atoms in total. The Hall–Kier alpha value is -1.20. The van der Waals surface area contributed by atoms with Gasteiger partial charge in [0, 0.05) is 24.6 Å². The van der Waals surface area contributed by atoms with Gasteiger partial charge in [0.05, 0.1) is 6.61 Å². The first-order valence-electron chi connectivity index (χ1n) is 6.45. The summed E-state index contributed by atoms with van der Waals surface area (Å²) in [4.78, 5) is 5.59. The van der Waals surface area contributed by atoms with Crippen LogP contribution in [0.2, 0.25) is 0 Å². The normalized spacial score (nSPS) is 13.3. The summed E-state index contributed by atoms with van der Waals surface area (Å²) in [5.41, 5.74) is 5.77. The molecule has 5 heteroatoms. The molecule has 1 aromatic rings. The molecular weight excluding hydrogens is 258 g/mol. The summed E-state index contributed by atoms with van der Waals surface area (Å²) in [6, 6.07) is 10.6. The molecule has 0 radical (unpaired) electrons. The lowest BCUT2D eigenvalue weighted by molar-refractivity contribution is 0.179. The van der Waals surface area contributed by atoms with Crippen LogP contribution in [-0.4, -0.2) is 38.0 Å². The van der Waals surface area contributed by atoms with Gasteiger partial charge < -0.3 is 15.8 Å². The average Bonchev–Trinajstić information content (AvgIpc) is 2.39. The number of nitrogens with zero attached hydrogens (tertiary/aromatic N) is 1. The van der Waals surface area contributed by atoms with E-state index in [4.69, 9.17) is 10.5 Å². The van der Waals surface area contributed by atoms with E-state index >= 15 is 0 Å². The van der Waals surface area contributed by atoms with Crippen LogP contribution in [0.1, 0.15) is 13.3 Å². The van der Waals surface area contributed by atoms with Crippen molar-refractivity contribution in [2.45, 2.75) is 24.3 Å². The molecular formula is C14H23N3OS. The summed E-state index contributed by atoms with van der Waals surface area (Å²) >= 11 is 1.84. The lowest BCUT2D eigenvalue weighted by Gasteiger charge is -2.12. The van der Waals surface area contributed by atoms with Crippen molar-refractivity contribution in [2.75, 3.05) is 26.0 Å². The smallest absolute Gasteiger partial charge is 0.188 e. The number of guanidine groups is 1. The lowest BCUT2D eigenvalue weighted by Crippen LogP contribution is -2.40. The maximum atomic E-state index is 5.77. The minimum atomic E-state index is 0.187. The van der Waals surface area contributed by atoms with Crippen LogP contribution in [0, 0.1) is 0 Å². The Morgan fingerprint density at radius 2 is 2.16 bits per heavy atom. The number of rotatable bonds is 8. The maximum Gasteiger partial charge on any atom is 0.188 e. The van der Waals surface area contributed by atoms with E-state index in [0.717, 1.165) is 18.7 Å². The fourth-order valence-corrected chi connectivity index (χ4v) is 2.42. The van der Waals surface area contributed by atoms with Crippen molar-refractivity contribution in [3.63, 3.8) is 0 Å². The predicted octanol–water partition coefficient (Wildman–Crippen LogP) is 2.11. The van der Waals surface area contributed by atoms with Crippen molar-refractivity contribution < 1.29 is 4.74 Å². The standard InChI is InChI=1S/C14H23N3OS/c1-12(11-18-2)17-14(15)16-9-6-10-19-13-7-4-3-5-8-13/h3-5,7-8,12H,6,9-11H2,1-2H3,(H3,15,16,17). The Balaban J connectivity index is 2.12. The molecule has 0 amide bonds. The highest BCUT2D eigenvalue weighted by Crippen LogP contribution is 2.17. The van der Waals surface area contributed by atoms with Crippen LogP contribution < -0.4 is 11.1 Å². The van der Waals surface area contributed by atoms with Crippen molar-refractivity contribution >= 4 is 17.7 Å². The van der Waals surface area contributed by atoms with Crippen LogP contribution in [0.5, 0.6) is 0 Å². The highest BCUT2D eigenvalue weighted by Gasteiger charge is 2.00. The second-order valence-electron chi connectivity index (χ2n) is 4.28. The highest BCUT2D eigenvalue weighted by molar-refractivity contribution is 7.99. The second kappa shape index (κ2) is 9.69. The molecule has 0 fully saturated rings. The molecule has 0 aliphatic carbocycles. The van der Waals surface area contributed by atoms with Gasteiger partial charge >= 0.3 is 0 Å². The number of benzene rings is 1. The van der Waals surface area contributed by atoms with Crippen LogP contribution in [0.3, 0.4) is 0 Å². The molecule has 1 aromatic carbocycles. The van der Waals surface area contributed by atoms with Crippen LogP contribution in [-0.2, 0) is 4.74 Å². The quantitative estimate of drug-likeness (QED) is 0.332. The zero-order valence-corrected chi connectivity index (χ0v) is 12.5. The van der Waals surface area contributed by atoms with Crippen molar-refractivity contribution in [2.24, 2.45) is 10.7 Å². The highest BCUT2D eigenvalue weighted by atomic mass is 32.2.